The third-order valence-electron chi connectivity index (χ3n) is 4.73. The van der Waals surface area contributed by atoms with Crippen LogP contribution in [0.25, 0.3) is 0 Å². The average molecular weight is 382 g/mol. The van der Waals surface area contributed by atoms with Gasteiger partial charge in [0.25, 0.3) is 5.91 Å². The van der Waals surface area contributed by atoms with Gasteiger partial charge in [-0.1, -0.05) is 24.3 Å². The van der Waals surface area contributed by atoms with E-state index in [2.05, 4.69) is 16.0 Å². The number of rotatable bonds is 4. The van der Waals surface area contributed by atoms with E-state index in [1.54, 1.807) is 7.11 Å². The van der Waals surface area contributed by atoms with Gasteiger partial charge in [0.05, 0.1) is 18.7 Å². The van der Waals surface area contributed by atoms with Crippen LogP contribution in [-0.2, 0) is 4.79 Å². The third kappa shape index (κ3) is 3.95. The highest BCUT2D eigenvalue weighted by Gasteiger charge is 2.31. The smallest absolute Gasteiger partial charge is 0.255 e. The summed E-state index contributed by atoms with van der Waals surface area (Å²) in [5, 5.41) is 9.73. The summed E-state index contributed by atoms with van der Waals surface area (Å²) < 4.78 is 5.49. The zero-order chi connectivity index (χ0) is 19.6. The van der Waals surface area contributed by atoms with Crippen molar-refractivity contribution in [2.24, 2.45) is 0 Å². The number of hydrogen-bond acceptors (Lipinski definition) is 3. The van der Waals surface area contributed by atoms with Crippen LogP contribution in [-0.4, -0.2) is 18.1 Å². The highest BCUT2D eigenvalue weighted by Crippen LogP contribution is 2.33. The van der Waals surface area contributed by atoms with E-state index in [4.69, 9.17) is 17.0 Å². The van der Waals surface area contributed by atoms with Gasteiger partial charge in [-0.15, -0.1) is 0 Å². The second-order valence-electron chi connectivity index (χ2n) is 6.57. The number of ether oxygens (including phenoxy) is 1. The van der Waals surface area contributed by atoms with E-state index in [1.807, 2.05) is 63.2 Å². The van der Waals surface area contributed by atoms with Crippen molar-refractivity contribution < 1.29 is 9.53 Å². The molecule has 2 aromatic carbocycles. The minimum absolute atomic E-state index is 0.186. The normalized spacial score (nSPS) is 16.4. The molecule has 1 amide bonds. The predicted molar refractivity (Wildman–Crippen MR) is 112 cm³/mol. The molecule has 0 spiro atoms. The molecule has 1 aliphatic rings. The van der Waals surface area contributed by atoms with E-state index >= 15 is 0 Å². The number of nitrogens with one attached hydrogen (secondary N) is 3. The first kappa shape index (κ1) is 18.9. The molecule has 3 N–H and O–H groups in total. The SMILES string of the molecule is COc1ccccc1[C@@H]1NC(=S)NC(C)=C1C(=O)Nc1ccc(C)c(C)c1. The van der Waals surface area contributed by atoms with E-state index < -0.39 is 6.04 Å². The van der Waals surface area contributed by atoms with Gasteiger partial charge < -0.3 is 20.7 Å². The number of methoxy groups -OCH3 is 1. The third-order valence-corrected chi connectivity index (χ3v) is 4.95. The number of benzene rings is 2. The van der Waals surface area contributed by atoms with Gasteiger partial charge in [0, 0.05) is 16.9 Å². The molecule has 0 bridgehead atoms. The Balaban J connectivity index is 1.98. The molecule has 1 aliphatic heterocycles. The number of hydrogen-bond donors (Lipinski definition) is 3. The summed E-state index contributed by atoms with van der Waals surface area (Å²) in [5.41, 5.74) is 5.22. The molecule has 1 atom stereocenters. The van der Waals surface area contributed by atoms with Gasteiger partial charge >= 0.3 is 0 Å². The van der Waals surface area contributed by atoms with Crippen LogP contribution in [0, 0.1) is 13.8 Å². The van der Waals surface area contributed by atoms with E-state index in [0.29, 0.717) is 16.4 Å². The lowest BCUT2D eigenvalue weighted by atomic mass is 9.94. The van der Waals surface area contributed by atoms with Gasteiger partial charge in [0.1, 0.15) is 5.75 Å². The Labute approximate surface area is 164 Å². The zero-order valence-corrected chi connectivity index (χ0v) is 16.7. The van der Waals surface area contributed by atoms with Crippen molar-refractivity contribution in [1.29, 1.82) is 0 Å². The summed E-state index contributed by atoms with van der Waals surface area (Å²) in [6.07, 6.45) is 0. The molecule has 27 heavy (non-hydrogen) atoms. The molecular formula is C21H23N3O2S. The highest BCUT2D eigenvalue weighted by molar-refractivity contribution is 7.80. The van der Waals surface area contributed by atoms with Crippen molar-refractivity contribution in [2.45, 2.75) is 26.8 Å². The zero-order valence-electron chi connectivity index (χ0n) is 15.8. The minimum Gasteiger partial charge on any atom is -0.496 e. The van der Waals surface area contributed by atoms with Crippen LogP contribution in [0.3, 0.4) is 0 Å². The van der Waals surface area contributed by atoms with Gasteiger partial charge in [-0.3, -0.25) is 4.79 Å². The minimum atomic E-state index is -0.401. The fourth-order valence-electron chi connectivity index (χ4n) is 3.15. The molecule has 0 aliphatic carbocycles. The van der Waals surface area contributed by atoms with Crippen molar-refractivity contribution in [3.8, 4) is 5.75 Å². The molecule has 0 aromatic heterocycles. The van der Waals surface area contributed by atoms with Crippen LogP contribution in [0.4, 0.5) is 5.69 Å². The number of carbonyl (C=O) groups is 1. The number of para-hydroxylation sites is 1. The molecule has 6 heteroatoms. The Morgan fingerprint density at radius 2 is 1.85 bits per heavy atom. The van der Waals surface area contributed by atoms with Crippen molar-refractivity contribution in [2.75, 3.05) is 12.4 Å². The summed E-state index contributed by atoms with van der Waals surface area (Å²) in [4.78, 5) is 13.1. The van der Waals surface area contributed by atoms with Crippen LogP contribution in [0.15, 0.2) is 53.7 Å². The molecule has 5 nitrogen and oxygen atoms in total. The fraction of sp³-hybridized carbons (Fsp3) is 0.238. The van der Waals surface area contributed by atoms with Crippen LogP contribution in [0.1, 0.15) is 29.7 Å². The standard InChI is InChI=1S/C21H23N3O2S/c1-12-9-10-15(11-13(12)2)23-20(25)18-14(3)22-21(27)24-19(18)16-7-5-6-8-17(16)26-4/h5-11,19H,1-4H3,(H,23,25)(H2,22,24,27)/t19-/m0/s1. The number of thiocarbonyl (C=S) groups is 1. The number of allylic oxidation sites excluding steroid dienone is 1. The van der Waals surface area contributed by atoms with Crippen molar-refractivity contribution in [3.05, 3.63) is 70.4 Å². The number of aryl methyl sites for hydroxylation is 2. The molecule has 0 saturated heterocycles. The maximum Gasteiger partial charge on any atom is 0.255 e. The summed E-state index contributed by atoms with van der Waals surface area (Å²) in [6.45, 7) is 5.92. The van der Waals surface area contributed by atoms with Crippen LogP contribution in [0.2, 0.25) is 0 Å². The van der Waals surface area contributed by atoms with E-state index in [1.165, 1.54) is 5.56 Å². The van der Waals surface area contributed by atoms with Crippen LogP contribution in [0.5, 0.6) is 5.75 Å². The average Bonchev–Trinajstić information content (AvgIpc) is 2.64. The molecule has 1 heterocycles. The van der Waals surface area contributed by atoms with Crippen LogP contribution >= 0.6 is 12.2 Å². The fourth-order valence-corrected chi connectivity index (χ4v) is 3.42. The highest BCUT2D eigenvalue weighted by atomic mass is 32.1. The van der Waals surface area contributed by atoms with Crippen LogP contribution < -0.4 is 20.7 Å². The Morgan fingerprint density at radius 1 is 1.11 bits per heavy atom. The van der Waals surface area contributed by atoms with Gasteiger partial charge in [0.2, 0.25) is 0 Å². The monoisotopic (exact) mass is 381 g/mol. The van der Waals surface area contributed by atoms with E-state index in [0.717, 1.165) is 22.5 Å². The number of carbonyl (C=O) groups excluding carboxylic acids is 1. The maximum atomic E-state index is 13.1. The summed E-state index contributed by atoms with van der Waals surface area (Å²) in [5.74, 6) is 0.512. The Kier molecular flexibility index (Phi) is 5.46. The van der Waals surface area contributed by atoms with Crippen molar-refractivity contribution in [1.82, 2.24) is 10.6 Å². The predicted octanol–water partition coefficient (Wildman–Crippen LogP) is 3.74. The molecule has 0 radical (unpaired) electrons. The second kappa shape index (κ2) is 7.80. The lowest BCUT2D eigenvalue weighted by Gasteiger charge is -2.31. The number of anilines is 1. The number of amides is 1. The Morgan fingerprint density at radius 3 is 2.56 bits per heavy atom. The molecule has 0 fully saturated rings. The first-order valence-corrected chi connectivity index (χ1v) is 9.11. The second-order valence-corrected chi connectivity index (χ2v) is 6.97. The van der Waals surface area contributed by atoms with Gasteiger partial charge in [0.15, 0.2) is 5.11 Å². The molecule has 0 saturated carbocycles. The topological polar surface area (TPSA) is 62.4 Å². The summed E-state index contributed by atoms with van der Waals surface area (Å²) >= 11 is 5.31. The van der Waals surface area contributed by atoms with E-state index in [9.17, 15) is 4.79 Å². The maximum absolute atomic E-state index is 13.1. The molecule has 140 valence electrons. The van der Waals surface area contributed by atoms with Gasteiger partial charge in [-0.2, -0.15) is 0 Å². The first-order valence-electron chi connectivity index (χ1n) is 8.70. The first-order chi connectivity index (χ1) is 12.9. The van der Waals surface area contributed by atoms with Crippen molar-refractivity contribution >= 4 is 28.9 Å². The molecule has 0 unspecified atom stereocenters. The quantitative estimate of drug-likeness (QED) is 0.704. The summed E-state index contributed by atoms with van der Waals surface area (Å²) in [7, 11) is 1.61. The lowest BCUT2D eigenvalue weighted by Crippen LogP contribution is -2.45. The Hall–Kier alpha value is -2.86. The lowest BCUT2D eigenvalue weighted by molar-refractivity contribution is -0.113. The van der Waals surface area contributed by atoms with Gasteiger partial charge in [-0.25, -0.2) is 0 Å². The Bertz CT molecular complexity index is 937. The molecule has 3 rings (SSSR count). The van der Waals surface area contributed by atoms with E-state index in [-0.39, 0.29) is 5.91 Å². The molecular weight excluding hydrogens is 358 g/mol. The molecule has 2 aromatic rings. The van der Waals surface area contributed by atoms with Gasteiger partial charge in [-0.05, 0) is 62.3 Å². The summed E-state index contributed by atoms with van der Waals surface area (Å²) in [6, 6.07) is 13.1. The van der Waals surface area contributed by atoms with Crippen molar-refractivity contribution in [3.63, 3.8) is 0 Å². The largest absolute Gasteiger partial charge is 0.496 e.